The van der Waals surface area contributed by atoms with E-state index in [4.69, 9.17) is 21.2 Å². The van der Waals surface area contributed by atoms with Crippen LogP contribution < -0.4 is 0 Å². The van der Waals surface area contributed by atoms with Crippen molar-refractivity contribution < 1.29 is 9.63 Å². The molecular weight excluding hydrogens is 326 g/mol. The predicted octanol–water partition coefficient (Wildman–Crippen LogP) is 3.73. The molecule has 1 saturated heterocycles. The normalized spacial score (nSPS) is 18.8. The molecule has 130 valence electrons. The standard InChI is InChI=1S/C18H24ClN3O2/c19-16-8-6-14(7-9-16)17-20-18(24-21-17)15-5-4-11-22(13-15)10-2-1-3-12-23/h6-9,15,23H,1-5,10-13H2. The Hall–Kier alpha value is -1.43. The highest BCUT2D eigenvalue weighted by molar-refractivity contribution is 6.30. The van der Waals surface area contributed by atoms with Gasteiger partial charge >= 0.3 is 0 Å². The number of unbranched alkanes of at least 4 members (excludes halogenated alkanes) is 2. The van der Waals surface area contributed by atoms with Crippen molar-refractivity contribution in [2.45, 2.75) is 38.0 Å². The Labute approximate surface area is 147 Å². The van der Waals surface area contributed by atoms with E-state index in [0.29, 0.717) is 16.8 Å². The van der Waals surface area contributed by atoms with Crippen LogP contribution in [0, 0.1) is 0 Å². The van der Waals surface area contributed by atoms with E-state index in [-0.39, 0.29) is 6.61 Å². The van der Waals surface area contributed by atoms with E-state index in [0.717, 1.165) is 63.2 Å². The van der Waals surface area contributed by atoms with Crippen molar-refractivity contribution in [3.63, 3.8) is 0 Å². The lowest BCUT2D eigenvalue weighted by atomic mass is 9.97. The van der Waals surface area contributed by atoms with Crippen LogP contribution in [0.5, 0.6) is 0 Å². The molecule has 0 bridgehead atoms. The summed E-state index contributed by atoms with van der Waals surface area (Å²) in [5.41, 5.74) is 0.922. The summed E-state index contributed by atoms with van der Waals surface area (Å²) in [6.45, 7) is 3.47. The number of piperidine rings is 1. The summed E-state index contributed by atoms with van der Waals surface area (Å²) in [6.07, 6.45) is 5.36. The molecule has 0 radical (unpaired) electrons. The molecule has 1 aromatic carbocycles. The number of likely N-dealkylation sites (tertiary alicyclic amines) is 1. The third-order valence-corrected chi connectivity index (χ3v) is 4.78. The number of hydrogen-bond donors (Lipinski definition) is 1. The van der Waals surface area contributed by atoms with Gasteiger partial charge in [0.25, 0.3) is 0 Å². The van der Waals surface area contributed by atoms with Gasteiger partial charge < -0.3 is 14.5 Å². The SMILES string of the molecule is OCCCCCN1CCCC(c2nc(-c3ccc(Cl)cc3)no2)C1. The minimum Gasteiger partial charge on any atom is -0.396 e. The summed E-state index contributed by atoms with van der Waals surface area (Å²) in [5, 5.41) is 13.7. The minimum atomic E-state index is 0.290. The molecule has 0 spiro atoms. The van der Waals surface area contributed by atoms with Crippen molar-refractivity contribution in [3.05, 3.63) is 35.2 Å². The van der Waals surface area contributed by atoms with Crippen LogP contribution in [0.4, 0.5) is 0 Å². The molecule has 0 amide bonds. The van der Waals surface area contributed by atoms with Gasteiger partial charge in [0.2, 0.25) is 11.7 Å². The summed E-state index contributed by atoms with van der Waals surface area (Å²) < 4.78 is 5.53. The number of aliphatic hydroxyl groups is 1. The molecule has 24 heavy (non-hydrogen) atoms. The van der Waals surface area contributed by atoms with Gasteiger partial charge in [-0.1, -0.05) is 16.8 Å². The average molecular weight is 350 g/mol. The van der Waals surface area contributed by atoms with E-state index in [1.54, 1.807) is 0 Å². The van der Waals surface area contributed by atoms with Crippen LogP contribution in [0.3, 0.4) is 0 Å². The molecule has 6 heteroatoms. The van der Waals surface area contributed by atoms with E-state index < -0.39 is 0 Å². The lowest BCUT2D eigenvalue weighted by molar-refractivity contribution is 0.182. The topological polar surface area (TPSA) is 62.4 Å². The molecule has 1 unspecified atom stereocenters. The summed E-state index contributed by atoms with van der Waals surface area (Å²) in [5.74, 6) is 1.67. The molecule has 3 rings (SSSR count). The van der Waals surface area contributed by atoms with E-state index in [2.05, 4.69) is 15.0 Å². The van der Waals surface area contributed by atoms with Gasteiger partial charge in [-0.2, -0.15) is 4.98 Å². The fraction of sp³-hybridized carbons (Fsp3) is 0.556. The molecule has 0 aliphatic carbocycles. The van der Waals surface area contributed by atoms with Crippen LogP contribution in [0.25, 0.3) is 11.4 Å². The zero-order chi connectivity index (χ0) is 16.8. The predicted molar refractivity (Wildman–Crippen MR) is 94.1 cm³/mol. The van der Waals surface area contributed by atoms with Crippen molar-refractivity contribution in [2.24, 2.45) is 0 Å². The summed E-state index contributed by atoms with van der Waals surface area (Å²) in [4.78, 5) is 7.07. The third kappa shape index (κ3) is 4.56. The molecule has 5 nitrogen and oxygen atoms in total. The van der Waals surface area contributed by atoms with Gasteiger partial charge in [0.15, 0.2) is 0 Å². The van der Waals surface area contributed by atoms with Gasteiger partial charge in [0, 0.05) is 23.7 Å². The van der Waals surface area contributed by atoms with Gasteiger partial charge in [-0.25, -0.2) is 0 Å². The maximum atomic E-state index is 8.86. The molecular formula is C18H24ClN3O2. The first-order valence-electron chi connectivity index (χ1n) is 8.69. The van der Waals surface area contributed by atoms with Crippen LogP contribution >= 0.6 is 11.6 Å². The Kier molecular flexibility index (Phi) is 6.24. The maximum absolute atomic E-state index is 8.86. The molecule has 1 aromatic heterocycles. The number of aliphatic hydroxyl groups excluding tert-OH is 1. The second-order valence-electron chi connectivity index (χ2n) is 6.39. The van der Waals surface area contributed by atoms with E-state index >= 15 is 0 Å². The third-order valence-electron chi connectivity index (χ3n) is 4.53. The van der Waals surface area contributed by atoms with Crippen molar-refractivity contribution in [2.75, 3.05) is 26.2 Å². The Bertz CT molecular complexity index is 629. The highest BCUT2D eigenvalue weighted by Crippen LogP contribution is 2.28. The van der Waals surface area contributed by atoms with Gasteiger partial charge in [-0.15, -0.1) is 0 Å². The Balaban J connectivity index is 1.59. The van der Waals surface area contributed by atoms with E-state index in [9.17, 15) is 0 Å². The van der Waals surface area contributed by atoms with Crippen LogP contribution in [-0.4, -0.2) is 46.4 Å². The first-order valence-corrected chi connectivity index (χ1v) is 9.07. The molecule has 1 N–H and O–H groups in total. The fourth-order valence-corrected chi connectivity index (χ4v) is 3.33. The number of hydrogen-bond acceptors (Lipinski definition) is 5. The number of halogens is 1. The molecule has 1 aliphatic rings. The Morgan fingerprint density at radius 1 is 1.21 bits per heavy atom. The zero-order valence-electron chi connectivity index (χ0n) is 13.8. The first-order chi connectivity index (χ1) is 11.8. The summed E-state index contributed by atoms with van der Waals surface area (Å²) in [6, 6.07) is 7.49. The largest absolute Gasteiger partial charge is 0.396 e. The lowest BCUT2D eigenvalue weighted by Crippen LogP contribution is -2.35. The van der Waals surface area contributed by atoms with Gasteiger partial charge in [0.05, 0.1) is 5.92 Å². The monoisotopic (exact) mass is 349 g/mol. The van der Waals surface area contributed by atoms with Gasteiger partial charge in [-0.05, 0) is 69.5 Å². The van der Waals surface area contributed by atoms with Crippen molar-refractivity contribution in [1.82, 2.24) is 15.0 Å². The maximum Gasteiger partial charge on any atom is 0.231 e. The number of benzene rings is 1. The second kappa shape index (κ2) is 8.60. The first kappa shape index (κ1) is 17.4. The molecule has 1 atom stereocenters. The highest BCUT2D eigenvalue weighted by atomic mass is 35.5. The van der Waals surface area contributed by atoms with Crippen LogP contribution in [0.15, 0.2) is 28.8 Å². The molecule has 1 fully saturated rings. The van der Waals surface area contributed by atoms with E-state index in [1.165, 1.54) is 0 Å². The van der Waals surface area contributed by atoms with Crippen molar-refractivity contribution in [3.8, 4) is 11.4 Å². The van der Waals surface area contributed by atoms with Crippen molar-refractivity contribution in [1.29, 1.82) is 0 Å². The van der Waals surface area contributed by atoms with Crippen LogP contribution in [0.1, 0.15) is 43.9 Å². The summed E-state index contributed by atoms with van der Waals surface area (Å²) >= 11 is 5.92. The number of nitrogens with zero attached hydrogens (tertiary/aromatic N) is 3. The van der Waals surface area contributed by atoms with Crippen molar-refractivity contribution >= 4 is 11.6 Å². The Morgan fingerprint density at radius 3 is 2.83 bits per heavy atom. The lowest BCUT2D eigenvalue weighted by Gasteiger charge is -2.30. The molecule has 2 aromatic rings. The van der Waals surface area contributed by atoms with Crippen LogP contribution in [-0.2, 0) is 0 Å². The van der Waals surface area contributed by atoms with E-state index in [1.807, 2.05) is 24.3 Å². The number of aromatic nitrogens is 2. The number of rotatable bonds is 7. The Morgan fingerprint density at radius 2 is 2.04 bits per heavy atom. The zero-order valence-corrected chi connectivity index (χ0v) is 14.6. The quantitative estimate of drug-likeness (QED) is 0.771. The fourth-order valence-electron chi connectivity index (χ4n) is 3.20. The highest BCUT2D eigenvalue weighted by Gasteiger charge is 2.25. The van der Waals surface area contributed by atoms with Crippen LogP contribution in [0.2, 0.25) is 5.02 Å². The second-order valence-corrected chi connectivity index (χ2v) is 6.82. The average Bonchev–Trinajstić information content (AvgIpc) is 3.10. The molecule has 2 heterocycles. The minimum absolute atomic E-state index is 0.290. The van der Waals surface area contributed by atoms with Gasteiger partial charge in [0.1, 0.15) is 0 Å². The summed E-state index contributed by atoms with van der Waals surface area (Å²) in [7, 11) is 0. The van der Waals surface area contributed by atoms with Gasteiger partial charge in [-0.3, -0.25) is 0 Å². The molecule has 1 aliphatic heterocycles. The smallest absolute Gasteiger partial charge is 0.231 e. The molecule has 0 saturated carbocycles.